The zero-order valence-corrected chi connectivity index (χ0v) is 11.7. The second-order valence-electron chi connectivity index (χ2n) is 4.21. The first kappa shape index (κ1) is 14.1. The number of halogens is 3. The van der Waals surface area contributed by atoms with Gasteiger partial charge in [-0.1, -0.05) is 41.7 Å². The van der Waals surface area contributed by atoms with E-state index in [4.69, 9.17) is 40.5 Å². The van der Waals surface area contributed by atoms with Gasteiger partial charge < -0.3 is 5.73 Å². The number of hydrogen-bond donors (Lipinski definition) is 1. The van der Waals surface area contributed by atoms with Crippen LogP contribution in [0.3, 0.4) is 0 Å². The number of nitrogens with two attached hydrogens (primary N) is 1. The Bertz CT molecular complexity index is 364. The van der Waals surface area contributed by atoms with Gasteiger partial charge in [0.05, 0.1) is 10.0 Å². The van der Waals surface area contributed by atoms with Crippen molar-refractivity contribution in [2.24, 2.45) is 5.73 Å². The highest BCUT2D eigenvalue weighted by atomic mass is 35.5. The molecule has 2 unspecified atom stereocenters. The summed E-state index contributed by atoms with van der Waals surface area (Å²) in [6.45, 7) is 4.08. The molecule has 0 aromatic heterocycles. The molecule has 0 saturated heterocycles. The molecule has 0 saturated carbocycles. The van der Waals surface area contributed by atoms with Gasteiger partial charge in [-0.25, -0.2) is 0 Å². The zero-order valence-electron chi connectivity index (χ0n) is 9.43. The van der Waals surface area contributed by atoms with Crippen LogP contribution in [0, 0.1) is 0 Å². The summed E-state index contributed by atoms with van der Waals surface area (Å²) in [5, 5.41) is 1.78. The van der Waals surface area contributed by atoms with Crippen LogP contribution in [0.1, 0.15) is 38.2 Å². The molecule has 0 amide bonds. The van der Waals surface area contributed by atoms with Gasteiger partial charge in [-0.3, -0.25) is 0 Å². The Morgan fingerprint density at radius 2 is 1.62 bits per heavy atom. The second-order valence-corrected chi connectivity index (χ2v) is 5.40. The van der Waals surface area contributed by atoms with Crippen LogP contribution < -0.4 is 5.73 Å². The molecular formula is C12H16Cl3N. The van der Waals surface area contributed by atoms with Crippen LogP contribution in [0.5, 0.6) is 0 Å². The van der Waals surface area contributed by atoms with Crippen molar-refractivity contribution in [1.29, 1.82) is 0 Å². The Labute approximate surface area is 112 Å². The molecule has 1 nitrogen and oxygen atoms in total. The largest absolute Gasteiger partial charge is 0.328 e. The lowest BCUT2D eigenvalue weighted by atomic mass is 9.94. The summed E-state index contributed by atoms with van der Waals surface area (Å²) in [5.41, 5.74) is 6.66. The highest BCUT2D eigenvalue weighted by molar-refractivity contribution is 6.44. The van der Waals surface area contributed by atoms with Gasteiger partial charge in [0.2, 0.25) is 0 Å². The molecule has 0 heterocycles. The van der Waals surface area contributed by atoms with Crippen molar-refractivity contribution in [2.75, 3.05) is 0 Å². The van der Waals surface area contributed by atoms with Crippen LogP contribution in [-0.4, -0.2) is 6.04 Å². The zero-order chi connectivity index (χ0) is 12.3. The molecule has 0 aliphatic carbocycles. The highest BCUT2D eigenvalue weighted by Gasteiger charge is 2.16. The summed E-state index contributed by atoms with van der Waals surface area (Å²) in [6, 6.07) is 3.70. The molecule has 1 aromatic rings. The standard InChI is InChI=1S/C12H16Cl3N/c1-7(3-4-8(2)16)11-9(13)5-6-10(14)12(11)15/h5-8H,3-4,16H2,1-2H3. The maximum absolute atomic E-state index is 6.16. The van der Waals surface area contributed by atoms with E-state index in [1.165, 1.54) is 0 Å². The molecule has 0 spiro atoms. The van der Waals surface area contributed by atoms with Crippen LogP contribution >= 0.6 is 34.8 Å². The van der Waals surface area contributed by atoms with Crippen molar-refractivity contribution in [2.45, 2.75) is 38.6 Å². The van der Waals surface area contributed by atoms with Crippen molar-refractivity contribution >= 4 is 34.8 Å². The number of benzene rings is 1. The molecule has 0 aliphatic heterocycles. The lowest BCUT2D eigenvalue weighted by Crippen LogP contribution is -2.15. The predicted octanol–water partition coefficient (Wildman–Crippen LogP) is 4.88. The molecule has 0 radical (unpaired) electrons. The summed E-state index contributed by atoms with van der Waals surface area (Å²) >= 11 is 18.3. The van der Waals surface area contributed by atoms with Gasteiger partial charge in [-0.2, -0.15) is 0 Å². The Kier molecular flexibility index (Phi) is 5.39. The Morgan fingerprint density at radius 3 is 2.19 bits per heavy atom. The van der Waals surface area contributed by atoms with Crippen LogP contribution in [0.15, 0.2) is 12.1 Å². The minimum Gasteiger partial charge on any atom is -0.328 e. The third kappa shape index (κ3) is 3.53. The molecule has 0 bridgehead atoms. The first-order valence-electron chi connectivity index (χ1n) is 5.32. The van der Waals surface area contributed by atoms with Crippen molar-refractivity contribution in [1.82, 2.24) is 0 Å². The van der Waals surface area contributed by atoms with Gasteiger partial charge in [0.25, 0.3) is 0 Å². The van der Waals surface area contributed by atoms with E-state index in [9.17, 15) is 0 Å². The Hall–Kier alpha value is 0.0500. The number of rotatable bonds is 4. The molecule has 1 aromatic carbocycles. The van der Waals surface area contributed by atoms with E-state index >= 15 is 0 Å². The number of hydrogen-bond acceptors (Lipinski definition) is 1. The fourth-order valence-electron chi connectivity index (χ4n) is 1.65. The van der Waals surface area contributed by atoms with E-state index in [1.807, 2.05) is 6.92 Å². The maximum atomic E-state index is 6.16. The van der Waals surface area contributed by atoms with Gasteiger partial charge in [-0.05, 0) is 43.4 Å². The molecule has 0 fully saturated rings. The molecule has 2 N–H and O–H groups in total. The Morgan fingerprint density at radius 1 is 1.06 bits per heavy atom. The van der Waals surface area contributed by atoms with E-state index in [0.29, 0.717) is 15.1 Å². The summed E-state index contributed by atoms with van der Waals surface area (Å²) in [7, 11) is 0. The lowest BCUT2D eigenvalue weighted by molar-refractivity contribution is 0.569. The summed E-state index contributed by atoms with van der Waals surface area (Å²) in [4.78, 5) is 0. The highest BCUT2D eigenvalue weighted by Crippen LogP contribution is 2.38. The maximum Gasteiger partial charge on any atom is 0.0641 e. The summed E-state index contributed by atoms with van der Waals surface area (Å²) < 4.78 is 0. The van der Waals surface area contributed by atoms with E-state index < -0.39 is 0 Å². The average Bonchev–Trinajstić information content (AvgIpc) is 2.21. The van der Waals surface area contributed by atoms with Gasteiger partial charge in [-0.15, -0.1) is 0 Å². The minimum atomic E-state index is 0.194. The van der Waals surface area contributed by atoms with Gasteiger partial charge in [0, 0.05) is 11.1 Å². The smallest absolute Gasteiger partial charge is 0.0641 e. The lowest BCUT2D eigenvalue weighted by Gasteiger charge is -2.17. The molecule has 4 heteroatoms. The van der Waals surface area contributed by atoms with Gasteiger partial charge >= 0.3 is 0 Å². The average molecular weight is 281 g/mol. The topological polar surface area (TPSA) is 26.0 Å². The Balaban J connectivity index is 2.90. The van der Waals surface area contributed by atoms with Crippen LogP contribution in [-0.2, 0) is 0 Å². The fraction of sp³-hybridized carbons (Fsp3) is 0.500. The molecule has 90 valence electrons. The third-order valence-electron chi connectivity index (χ3n) is 2.63. The molecule has 16 heavy (non-hydrogen) atoms. The van der Waals surface area contributed by atoms with Crippen molar-refractivity contribution in [3.05, 3.63) is 32.8 Å². The minimum absolute atomic E-state index is 0.194. The second kappa shape index (κ2) is 6.11. The van der Waals surface area contributed by atoms with E-state index in [-0.39, 0.29) is 12.0 Å². The van der Waals surface area contributed by atoms with Crippen molar-refractivity contribution < 1.29 is 0 Å². The first-order valence-corrected chi connectivity index (χ1v) is 6.45. The summed E-state index contributed by atoms with van der Waals surface area (Å²) in [6.07, 6.45) is 1.90. The summed E-state index contributed by atoms with van der Waals surface area (Å²) in [5.74, 6) is 0.268. The van der Waals surface area contributed by atoms with Crippen LogP contribution in [0.2, 0.25) is 15.1 Å². The molecular weight excluding hydrogens is 264 g/mol. The normalized spacial score (nSPS) is 14.9. The van der Waals surface area contributed by atoms with E-state index in [2.05, 4.69) is 6.92 Å². The van der Waals surface area contributed by atoms with Crippen LogP contribution in [0.25, 0.3) is 0 Å². The quantitative estimate of drug-likeness (QED) is 0.782. The fourth-order valence-corrected chi connectivity index (χ4v) is 2.56. The third-order valence-corrected chi connectivity index (χ3v) is 3.78. The van der Waals surface area contributed by atoms with E-state index in [1.54, 1.807) is 12.1 Å². The molecule has 0 aliphatic rings. The molecule has 1 rings (SSSR count). The van der Waals surface area contributed by atoms with Crippen molar-refractivity contribution in [3.63, 3.8) is 0 Å². The van der Waals surface area contributed by atoms with Crippen molar-refractivity contribution in [3.8, 4) is 0 Å². The van der Waals surface area contributed by atoms with Crippen LogP contribution in [0.4, 0.5) is 0 Å². The van der Waals surface area contributed by atoms with E-state index in [0.717, 1.165) is 18.4 Å². The SMILES string of the molecule is CC(N)CCC(C)c1c(Cl)ccc(Cl)c1Cl. The predicted molar refractivity (Wildman–Crippen MR) is 72.8 cm³/mol. The first-order chi connectivity index (χ1) is 7.43. The van der Waals surface area contributed by atoms with Gasteiger partial charge in [0.15, 0.2) is 0 Å². The monoisotopic (exact) mass is 279 g/mol. The van der Waals surface area contributed by atoms with Gasteiger partial charge in [0.1, 0.15) is 0 Å². The molecule has 2 atom stereocenters.